The maximum absolute atomic E-state index is 13.3. The maximum Gasteiger partial charge on any atom is 0.491 e. The number of ether oxygens (including phenoxy) is 3. The van der Waals surface area contributed by atoms with Crippen molar-refractivity contribution in [3.8, 4) is 56.9 Å². The molecule has 0 saturated carbocycles. The van der Waals surface area contributed by atoms with Crippen molar-refractivity contribution in [2.75, 3.05) is 14.2 Å². The lowest BCUT2D eigenvalue weighted by Crippen LogP contribution is -2.28. The molecule has 0 amide bonds. The summed E-state index contributed by atoms with van der Waals surface area (Å²) in [6.07, 6.45) is -5.22. The Bertz CT molecular complexity index is 1700. The van der Waals surface area contributed by atoms with E-state index in [1.165, 1.54) is 31.4 Å². The van der Waals surface area contributed by atoms with Gasteiger partial charge in [0.2, 0.25) is 0 Å². The number of aromatic nitrogens is 2. The van der Waals surface area contributed by atoms with E-state index >= 15 is 0 Å². The standard InChI is InChI=1S/C32H25F3N2O5/c1-40-24-14-10-21(11-15-24)29-28(26-17-16-25(41-2)18-27(26)42-31(39)32(33,34)35)36-30(22-8-12-23(38)13-9-22)37(29)19-20-6-4-3-5-7-20/h3-18,38H,19H2,1-2H3. The lowest BCUT2D eigenvalue weighted by atomic mass is 10.0. The van der Waals surface area contributed by atoms with Crippen molar-refractivity contribution in [2.45, 2.75) is 12.7 Å². The van der Waals surface area contributed by atoms with E-state index in [-0.39, 0.29) is 28.5 Å². The van der Waals surface area contributed by atoms with Crippen molar-refractivity contribution in [1.29, 1.82) is 0 Å². The molecule has 0 aliphatic carbocycles. The molecule has 0 bridgehead atoms. The third-order valence-corrected chi connectivity index (χ3v) is 6.52. The molecule has 0 saturated heterocycles. The first-order valence-electron chi connectivity index (χ1n) is 12.7. The number of imidazole rings is 1. The molecule has 1 aromatic heterocycles. The van der Waals surface area contributed by atoms with Gasteiger partial charge in [-0.25, -0.2) is 9.78 Å². The minimum absolute atomic E-state index is 0.0621. The fourth-order valence-corrected chi connectivity index (χ4v) is 4.50. The molecule has 4 aromatic carbocycles. The molecule has 214 valence electrons. The van der Waals surface area contributed by atoms with Crippen LogP contribution in [0.1, 0.15) is 5.56 Å². The summed E-state index contributed by atoms with van der Waals surface area (Å²) in [6.45, 7) is 0.346. The van der Waals surface area contributed by atoms with Crippen LogP contribution in [0.25, 0.3) is 33.9 Å². The van der Waals surface area contributed by atoms with Gasteiger partial charge in [0.1, 0.15) is 34.5 Å². The number of phenolic OH excluding ortho intramolecular Hbond substituents is 1. The second kappa shape index (κ2) is 11.7. The molecule has 5 rings (SSSR count). The molecule has 0 spiro atoms. The zero-order chi connectivity index (χ0) is 29.9. The van der Waals surface area contributed by atoms with Crippen molar-refractivity contribution in [2.24, 2.45) is 0 Å². The molecule has 0 aliphatic heterocycles. The van der Waals surface area contributed by atoms with E-state index in [0.29, 0.717) is 34.9 Å². The number of hydrogen-bond donors (Lipinski definition) is 1. The first kappa shape index (κ1) is 28.3. The predicted molar refractivity (Wildman–Crippen MR) is 151 cm³/mol. The van der Waals surface area contributed by atoms with Crippen LogP contribution in [0.15, 0.2) is 97.1 Å². The van der Waals surface area contributed by atoms with E-state index in [0.717, 1.165) is 5.56 Å². The van der Waals surface area contributed by atoms with E-state index in [1.807, 2.05) is 47.0 Å². The molecule has 0 aliphatic rings. The molecule has 1 heterocycles. The van der Waals surface area contributed by atoms with Crippen molar-refractivity contribution in [3.63, 3.8) is 0 Å². The fraction of sp³-hybridized carbons (Fsp3) is 0.125. The van der Waals surface area contributed by atoms with E-state index in [9.17, 15) is 23.1 Å². The van der Waals surface area contributed by atoms with Gasteiger partial charge in [0.15, 0.2) is 0 Å². The zero-order valence-corrected chi connectivity index (χ0v) is 22.6. The molecule has 7 nitrogen and oxygen atoms in total. The zero-order valence-electron chi connectivity index (χ0n) is 22.6. The van der Waals surface area contributed by atoms with Gasteiger partial charge in [-0.1, -0.05) is 30.3 Å². The highest BCUT2D eigenvalue weighted by atomic mass is 19.4. The monoisotopic (exact) mass is 574 g/mol. The van der Waals surface area contributed by atoms with Crippen LogP contribution in [0.5, 0.6) is 23.0 Å². The average Bonchev–Trinajstić information content (AvgIpc) is 3.36. The summed E-state index contributed by atoms with van der Waals surface area (Å²) in [5, 5.41) is 9.92. The Morgan fingerprint density at radius 2 is 1.45 bits per heavy atom. The molecule has 0 radical (unpaired) electrons. The summed E-state index contributed by atoms with van der Waals surface area (Å²) in [4.78, 5) is 16.9. The van der Waals surface area contributed by atoms with Gasteiger partial charge in [0.05, 0.1) is 19.9 Å². The molecule has 5 aromatic rings. The smallest absolute Gasteiger partial charge is 0.491 e. The van der Waals surface area contributed by atoms with Crippen LogP contribution in [0.3, 0.4) is 0 Å². The Hall–Kier alpha value is -5.25. The van der Waals surface area contributed by atoms with Gasteiger partial charge in [-0.15, -0.1) is 0 Å². The largest absolute Gasteiger partial charge is 0.508 e. The topological polar surface area (TPSA) is 82.8 Å². The number of carbonyl (C=O) groups is 1. The summed E-state index contributed by atoms with van der Waals surface area (Å²) in [7, 11) is 2.90. The van der Waals surface area contributed by atoms with Crippen LogP contribution in [0.2, 0.25) is 0 Å². The first-order valence-corrected chi connectivity index (χ1v) is 12.7. The predicted octanol–water partition coefficient (Wildman–Crippen LogP) is 7.12. The molecular weight excluding hydrogens is 549 g/mol. The van der Waals surface area contributed by atoms with Crippen LogP contribution in [-0.2, 0) is 11.3 Å². The van der Waals surface area contributed by atoms with E-state index < -0.39 is 12.1 Å². The fourth-order valence-electron chi connectivity index (χ4n) is 4.50. The number of esters is 1. The van der Waals surface area contributed by atoms with Crippen molar-refractivity contribution in [3.05, 3.63) is 103 Å². The maximum atomic E-state index is 13.3. The molecular formula is C32H25F3N2O5. The molecule has 1 N–H and O–H groups in total. The Labute approximate surface area is 239 Å². The van der Waals surface area contributed by atoms with Gasteiger partial charge < -0.3 is 23.9 Å². The summed E-state index contributed by atoms with van der Waals surface area (Å²) < 4.78 is 57.2. The molecule has 0 unspecified atom stereocenters. The van der Waals surface area contributed by atoms with Gasteiger partial charge in [-0.05, 0) is 66.2 Å². The lowest BCUT2D eigenvalue weighted by molar-refractivity contribution is -0.189. The average molecular weight is 575 g/mol. The minimum Gasteiger partial charge on any atom is -0.508 e. The number of alkyl halides is 3. The number of halogens is 3. The van der Waals surface area contributed by atoms with E-state index in [4.69, 9.17) is 19.2 Å². The Balaban J connectivity index is 1.81. The Morgan fingerprint density at radius 3 is 2.07 bits per heavy atom. The van der Waals surface area contributed by atoms with Crippen LogP contribution in [-0.4, -0.2) is 41.0 Å². The third kappa shape index (κ3) is 5.92. The van der Waals surface area contributed by atoms with Gasteiger partial charge in [0.25, 0.3) is 0 Å². The Kier molecular flexibility index (Phi) is 7.88. The summed E-state index contributed by atoms with van der Waals surface area (Å²) in [5.41, 5.74) is 3.24. The number of benzene rings is 4. The van der Waals surface area contributed by atoms with Gasteiger partial charge in [-0.3, -0.25) is 0 Å². The normalized spacial score (nSPS) is 11.3. The van der Waals surface area contributed by atoms with Crippen LogP contribution in [0.4, 0.5) is 13.2 Å². The number of nitrogens with zero attached hydrogens (tertiary/aromatic N) is 2. The SMILES string of the molecule is COc1ccc(-c2c(-c3ccc(OC)cc3OC(=O)C(F)(F)F)nc(-c3ccc(O)cc3)n2Cc2ccccc2)cc1. The van der Waals surface area contributed by atoms with E-state index in [2.05, 4.69) is 0 Å². The van der Waals surface area contributed by atoms with Gasteiger partial charge >= 0.3 is 12.1 Å². The van der Waals surface area contributed by atoms with Crippen LogP contribution < -0.4 is 14.2 Å². The van der Waals surface area contributed by atoms with E-state index in [1.54, 1.807) is 37.4 Å². The van der Waals surface area contributed by atoms with Crippen LogP contribution in [0, 0.1) is 0 Å². The second-order valence-electron chi connectivity index (χ2n) is 9.23. The quantitative estimate of drug-likeness (QED) is 0.157. The highest BCUT2D eigenvalue weighted by Crippen LogP contribution is 2.42. The lowest BCUT2D eigenvalue weighted by Gasteiger charge is -2.16. The Morgan fingerprint density at radius 1 is 0.833 bits per heavy atom. The third-order valence-electron chi connectivity index (χ3n) is 6.52. The number of rotatable bonds is 8. The summed E-state index contributed by atoms with van der Waals surface area (Å²) >= 11 is 0. The molecule has 0 fully saturated rings. The number of phenols is 1. The van der Waals surface area contributed by atoms with Crippen LogP contribution >= 0.6 is 0 Å². The highest BCUT2D eigenvalue weighted by Gasteiger charge is 2.42. The second-order valence-corrected chi connectivity index (χ2v) is 9.23. The summed E-state index contributed by atoms with van der Waals surface area (Å²) in [6, 6.07) is 27.4. The van der Waals surface area contributed by atoms with Crippen molar-refractivity contribution >= 4 is 5.97 Å². The van der Waals surface area contributed by atoms with Gasteiger partial charge in [-0.2, -0.15) is 13.2 Å². The minimum atomic E-state index is -5.22. The highest BCUT2D eigenvalue weighted by molar-refractivity contribution is 5.87. The molecule has 0 atom stereocenters. The van der Waals surface area contributed by atoms with Crippen molar-refractivity contribution in [1.82, 2.24) is 9.55 Å². The molecule has 10 heteroatoms. The first-order chi connectivity index (χ1) is 20.2. The number of methoxy groups -OCH3 is 2. The number of aromatic hydroxyl groups is 1. The number of hydrogen-bond acceptors (Lipinski definition) is 6. The van der Waals surface area contributed by atoms with Gasteiger partial charge in [0, 0.05) is 29.3 Å². The number of carbonyl (C=O) groups excluding carboxylic acids is 1. The molecule has 42 heavy (non-hydrogen) atoms. The van der Waals surface area contributed by atoms with Crippen molar-refractivity contribution < 1.29 is 37.3 Å². The summed E-state index contributed by atoms with van der Waals surface area (Å²) in [5.74, 6) is -1.40.